The molecule has 208 valence electrons. The Hall–Kier alpha value is -2.53. The van der Waals surface area contributed by atoms with Crippen molar-refractivity contribution in [3.8, 4) is 5.75 Å². The van der Waals surface area contributed by atoms with Crippen molar-refractivity contribution < 1.29 is 44.6 Å². The molecule has 1 aromatic rings. The van der Waals surface area contributed by atoms with Crippen LogP contribution in [0.4, 0.5) is 8.78 Å². The number of rotatable bonds is 10. The Morgan fingerprint density at radius 1 is 1.26 bits per heavy atom. The summed E-state index contributed by atoms with van der Waals surface area (Å²) in [5.41, 5.74) is 2.93. The molecule has 0 saturated carbocycles. The van der Waals surface area contributed by atoms with Crippen LogP contribution in [0.3, 0.4) is 0 Å². The van der Waals surface area contributed by atoms with E-state index in [9.17, 15) is 13.6 Å². The number of aliphatic imine (C=N–C) groups is 1. The normalized spacial score (nSPS) is 16.5. The van der Waals surface area contributed by atoms with Crippen LogP contribution in [0.1, 0.15) is 40.3 Å². The maximum absolute atomic E-state index is 14.1. The van der Waals surface area contributed by atoms with Gasteiger partial charge in [0.05, 0.1) is 17.5 Å². The van der Waals surface area contributed by atoms with Gasteiger partial charge in [0.2, 0.25) is 0 Å². The molecule has 0 saturated heterocycles. The van der Waals surface area contributed by atoms with Gasteiger partial charge in [-0.3, -0.25) is 14.4 Å². The molecule has 9 heteroatoms. The van der Waals surface area contributed by atoms with Crippen molar-refractivity contribution in [3.63, 3.8) is 0 Å². The molecule has 0 aliphatic carbocycles. The third-order valence-electron chi connectivity index (χ3n) is 5.86. The van der Waals surface area contributed by atoms with Gasteiger partial charge in [-0.2, -0.15) is 5.92 Å². The minimum absolute atomic E-state index is 0. The van der Waals surface area contributed by atoms with E-state index < -0.39 is 17.2 Å². The summed E-state index contributed by atoms with van der Waals surface area (Å²) in [7, 11) is 1.94. The number of likely N-dealkylation sites (N-methyl/N-ethyl adjacent to an activating group) is 1. The number of aryl methyl sites for hydroxylation is 1. The average Bonchev–Trinajstić information content (AvgIpc) is 2.85. The van der Waals surface area contributed by atoms with Crippen LogP contribution in [0.2, 0.25) is 5.02 Å². The minimum atomic E-state index is -0.859. The van der Waals surface area contributed by atoms with Gasteiger partial charge >= 0.3 is 0 Å². The number of nitrogens with zero attached hydrogens (tertiary/aromatic N) is 3. The Morgan fingerprint density at radius 2 is 1.90 bits per heavy atom. The third-order valence-corrected chi connectivity index (χ3v) is 6.21. The molecule has 0 aromatic carbocycles. The molecule has 1 aliphatic rings. The Kier molecular flexibility index (Phi) is 13.5. The summed E-state index contributed by atoms with van der Waals surface area (Å²) >= 11 is 6.42. The summed E-state index contributed by atoms with van der Waals surface area (Å²) in [6, 6.07) is 1.34. The number of pyridine rings is 1. The summed E-state index contributed by atoms with van der Waals surface area (Å²) in [6.07, 6.45) is 9.56. The minimum Gasteiger partial charge on any atom is -0.487 e. The van der Waals surface area contributed by atoms with Gasteiger partial charge in [-0.15, -0.1) is 19.5 Å². The molecule has 0 fully saturated rings. The van der Waals surface area contributed by atoms with Gasteiger partial charge < -0.3 is 9.64 Å². The molecular weight excluding hydrogens is 746 g/mol. The van der Waals surface area contributed by atoms with Gasteiger partial charge in [-0.05, 0) is 45.4 Å². The summed E-state index contributed by atoms with van der Waals surface area (Å²) in [5.74, 6) is -0.509. The van der Waals surface area contributed by atoms with E-state index in [1.165, 1.54) is 11.5 Å². The number of ether oxygens (including phenoxy) is 1. The fourth-order valence-electron chi connectivity index (χ4n) is 3.66. The molecule has 0 unspecified atom stereocenters. The van der Waals surface area contributed by atoms with E-state index in [1.807, 2.05) is 64.1 Å². The summed E-state index contributed by atoms with van der Waals surface area (Å²) in [5, 5.41) is -0.163. The van der Waals surface area contributed by atoms with E-state index in [1.54, 1.807) is 13.0 Å². The van der Waals surface area contributed by atoms with Gasteiger partial charge in [-0.25, -0.2) is 15.4 Å². The second-order valence-corrected chi connectivity index (χ2v) is 9.50. The van der Waals surface area contributed by atoms with E-state index >= 15 is 0 Å². The standard InChI is InChI=1S/C30H35ClF2N3O2.U/c1-10-12-25(34-22(8)18(3)4)27-15-26(19(5)16-35(27)9)36-21(7)13-28(29(31)30(36)37)38-17-20(6)24(33)14-23(32)11-2;/h10-16,27H,6,8,17H2,1-5,7,9H3;/q-1;/b12-10-,23-11+,24-14+,34-25?;/t27-;/m1./s1. The molecule has 1 aliphatic heterocycles. The molecule has 39 heavy (non-hydrogen) atoms. The molecule has 1 atom stereocenters. The monoisotopic (exact) mass is 780 g/mol. The Labute approximate surface area is 259 Å². The topological polar surface area (TPSA) is 46.8 Å². The largest absolute Gasteiger partial charge is 0.487 e. The van der Waals surface area contributed by atoms with Crippen molar-refractivity contribution in [1.29, 1.82) is 0 Å². The van der Waals surface area contributed by atoms with E-state index in [4.69, 9.17) is 21.3 Å². The van der Waals surface area contributed by atoms with Crippen molar-refractivity contribution in [2.75, 3.05) is 13.7 Å². The van der Waals surface area contributed by atoms with Crippen molar-refractivity contribution in [2.24, 2.45) is 4.99 Å². The molecule has 0 amide bonds. The quantitative estimate of drug-likeness (QED) is 0.139. The van der Waals surface area contributed by atoms with E-state index in [-0.39, 0.29) is 60.1 Å². The molecule has 0 bridgehead atoms. The number of aromatic nitrogens is 1. The third kappa shape index (κ3) is 8.73. The first-order valence-corrected chi connectivity index (χ1v) is 12.5. The maximum Gasteiger partial charge on any atom is 0.277 e. The fraction of sp³-hybridized carbons (Fsp3) is 0.300. The molecule has 2 rings (SSSR count). The predicted octanol–water partition coefficient (Wildman–Crippen LogP) is 7.68. The Bertz CT molecular complexity index is 1350. The van der Waals surface area contributed by atoms with Gasteiger partial charge in [0.25, 0.3) is 5.56 Å². The zero-order chi connectivity index (χ0) is 28.7. The van der Waals surface area contributed by atoms with Crippen molar-refractivity contribution in [1.82, 2.24) is 9.47 Å². The van der Waals surface area contributed by atoms with Gasteiger partial charge in [0.15, 0.2) is 0 Å². The molecule has 5 nitrogen and oxygen atoms in total. The van der Waals surface area contributed by atoms with Crippen LogP contribution < -0.4 is 10.3 Å². The molecular formula is C30H35ClF2N3O2U-. The van der Waals surface area contributed by atoms with E-state index in [0.29, 0.717) is 17.1 Å². The fourth-order valence-corrected chi connectivity index (χ4v) is 3.86. The van der Waals surface area contributed by atoms with Crippen LogP contribution in [0, 0.1) is 44.0 Å². The van der Waals surface area contributed by atoms with E-state index in [2.05, 4.69) is 13.2 Å². The molecule has 0 spiro atoms. The molecule has 1 aromatic heterocycles. The van der Waals surface area contributed by atoms with Crippen LogP contribution in [-0.4, -0.2) is 34.9 Å². The van der Waals surface area contributed by atoms with Gasteiger partial charge in [0, 0.05) is 67.8 Å². The van der Waals surface area contributed by atoms with Crippen LogP contribution >= 0.6 is 11.6 Å². The van der Waals surface area contributed by atoms with Gasteiger partial charge in [0.1, 0.15) is 29.0 Å². The van der Waals surface area contributed by atoms with Crippen molar-refractivity contribution in [3.05, 3.63) is 111 Å². The number of hydrogen-bond donors (Lipinski definition) is 0. The SMILES string of the molecule is C=C(COc1cc(C)n(C2=C[C@H](C(/C=C\C)=NC(=C)[C-](C)C)N(C)C=C2C)c(=O)c1Cl)/C(F)=C\C(F)=C/C.[U]. The van der Waals surface area contributed by atoms with Gasteiger partial charge in [-0.1, -0.05) is 30.3 Å². The summed E-state index contributed by atoms with van der Waals surface area (Å²) in [6.45, 7) is 18.2. The van der Waals surface area contributed by atoms with Crippen molar-refractivity contribution >= 4 is 23.0 Å². The first kappa shape index (κ1) is 34.5. The van der Waals surface area contributed by atoms with Crippen LogP contribution in [0.5, 0.6) is 5.75 Å². The average molecular weight is 781 g/mol. The predicted molar refractivity (Wildman–Crippen MR) is 155 cm³/mol. The smallest absolute Gasteiger partial charge is 0.277 e. The number of halogens is 3. The Morgan fingerprint density at radius 3 is 2.46 bits per heavy atom. The summed E-state index contributed by atoms with van der Waals surface area (Å²) < 4.78 is 34.6. The maximum atomic E-state index is 14.1. The van der Waals surface area contributed by atoms with E-state index in [0.717, 1.165) is 29.4 Å². The van der Waals surface area contributed by atoms with Crippen LogP contribution in [0.25, 0.3) is 5.70 Å². The summed E-state index contributed by atoms with van der Waals surface area (Å²) in [4.78, 5) is 20.2. The molecule has 2 heterocycles. The second kappa shape index (κ2) is 15.3. The van der Waals surface area contributed by atoms with Crippen LogP contribution in [0.15, 0.2) is 94.1 Å². The zero-order valence-electron chi connectivity index (χ0n) is 23.5. The molecule has 0 N–H and O–H groups in total. The first-order chi connectivity index (χ1) is 17.8. The first-order valence-electron chi connectivity index (χ1n) is 12.1. The zero-order valence-corrected chi connectivity index (χ0v) is 28.5. The van der Waals surface area contributed by atoms with Crippen LogP contribution in [-0.2, 0) is 0 Å². The number of hydrogen-bond acceptors (Lipinski definition) is 4. The van der Waals surface area contributed by atoms with Crippen molar-refractivity contribution in [2.45, 2.75) is 47.6 Å². The Balaban J connectivity index is 0.00000760. The number of allylic oxidation sites excluding steroid dienone is 7. The second-order valence-electron chi connectivity index (χ2n) is 9.12. The molecule has 0 radical (unpaired) electrons.